The predicted octanol–water partition coefficient (Wildman–Crippen LogP) is 3.98. The summed E-state index contributed by atoms with van der Waals surface area (Å²) in [5, 5.41) is 9.19. The van der Waals surface area contributed by atoms with Gasteiger partial charge in [-0.3, -0.25) is 0 Å². The molecule has 0 amide bonds. The molecule has 1 aromatic heterocycles. The number of halogens is 2. The Kier molecular flexibility index (Phi) is 3.04. The zero-order valence-corrected chi connectivity index (χ0v) is 11.5. The summed E-state index contributed by atoms with van der Waals surface area (Å²) >= 11 is 12.0. The van der Waals surface area contributed by atoms with Gasteiger partial charge in [0.1, 0.15) is 5.82 Å². The molecule has 1 heterocycles. The lowest BCUT2D eigenvalue weighted by Gasteiger charge is -2.10. The van der Waals surface area contributed by atoms with E-state index in [0.717, 1.165) is 22.8 Å². The first-order valence-corrected chi connectivity index (χ1v) is 6.88. The van der Waals surface area contributed by atoms with Crippen molar-refractivity contribution < 1.29 is 0 Å². The number of aromatic nitrogens is 3. The summed E-state index contributed by atoms with van der Waals surface area (Å²) in [5.41, 5.74) is 2.19. The number of hydrogen-bond donors (Lipinski definition) is 0. The first kappa shape index (κ1) is 12.0. The van der Waals surface area contributed by atoms with E-state index >= 15 is 0 Å². The second-order valence-electron chi connectivity index (χ2n) is 4.63. The Balaban J connectivity index is 2.16. The van der Waals surface area contributed by atoms with Crippen LogP contribution in [0.1, 0.15) is 30.3 Å². The maximum absolute atomic E-state index is 6.07. The van der Waals surface area contributed by atoms with Gasteiger partial charge in [0.15, 0.2) is 5.82 Å². The molecular weight excluding hydrogens is 269 g/mol. The second-order valence-corrected chi connectivity index (χ2v) is 5.34. The summed E-state index contributed by atoms with van der Waals surface area (Å²) in [5.74, 6) is 2.12. The molecule has 1 saturated carbocycles. The fourth-order valence-corrected chi connectivity index (χ4v) is 2.50. The van der Waals surface area contributed by atoms with E-state index in [-0.39, 0.29) is 0 Å². The van der Waals surface area contributed by atoms with Crippen LogP contribution in [0.4, 0.5) is 0 Å². The largest absolute Gasteiger partial charge is 0.307 e. The summed E-state index contributed by atoms with van der Waals surface area (Å²) in [6.07, 6.45) is 2.35. The SMILES string of the molecule is Cc1ccc(Cl)cc1-c1nnc(CCl)n1C1CC1. The molecule has 0 unspecified atom stereocenters. The highest BCUT2D eigenvalue weighted by atomic mass is 35.5. The van der Waals surface area contributed by atoms with Gasteiger partial charge in [0.25, 0.3) is 0 Å². The maximum atomic E-state index is 6.07. The van der Waals surface area contributed by atoms with Crippen LogP contribution >= 0.6 is 23.2 Å². The fourth-order valence-electron chi connectivity index (χ4n) is 2.15. The quantitative estimate of drug-likeness (QED) is 0.797. The average Bonchev–Trinajstić information content (AvgIpc) is 3.12. The van der Waals surface area contributed by atoms with Crippen molar-refractivity contribution in [3.05, 3.63) is 34.6 Å². The third-order valence-electron chi connectivity index (χ3n) is 3.24. The Morgan fingerprint density at radius 1 is 1.33 bits per heavy atom. The Morgan fingerprint density at radius 3 is 2.78 bits per heavy atom. The molecule has 1 aliphatic rings. The van der Waals surface area contributed by atoms with Crippen molar-refractivity contribution >= 4 is 23.2 Å². The minimum atomic E-state index is 0.392. The Hall–Kier alpha value is -1.06. The molecule has 3 rings (SSSR count). The van der Waals surface area contributed by atoms with E-state index in [1.807, 2.05) is 18.2 Å². The zero-order chi connectivity index (χ0) is 12.7. The molecule has 3 nitrogen and oxygen atoms in total. The van der Waals surface area contributed by atoms with Crippen LogP contribution in [0.2, 0.25) is 5.02 Å². The number of nitrogens with zero attached hydrogens (tertiary/aromatic N) is 3. The van der Waals surface area contributed by atoms with E-state index in [9.17, 15) is 0 Å². The molecule has 0 radical (unpaired) electrons. The number of rotatable bonds is 3. The molecule has 94 valence electrons. The lowest BCUT2D eigenvalue weighted by atomic mass is 10.1. The number of benzene rings is 1. The summed E-state index contributed by atoms with van der Waals surface area (Å²) in [4.78, 5) is 0. The van der Waals surface area contributed by atoms with Gasteiger partial charge in [0, 0.05) is 16.6 Å². The van der Waals surface area contributed by atoms with Crippen LogP contribution in [-0.2, 0) is 5.88 Å². The highest BCUT2D eigenvalue weighted by molar-refractivity contribution is 6.30. The zero-order valence-electron chi connectivity index (χ0n) is 10.0. The molecule has 0 spiro atoms. The van der Waals surface area contributed by atoms with Crippen molar-refractivity contribution in [3.63, 3.8) is 0 Å². The Bertz CT molecular complexity index is 588. The van der Waals surface area contributed by atoms with Gasteiger partial charge in [-0.05, 0) is 37.5 Å². The van der Waals surface area contributed by atoms with Crippen molar-refractivity contribution in [3.8, 4) is 11.4 Å². The normalized spacial score (nSPS) is 15.1. The third-order valence-corrected chi connectivity index (χ3v) is 3.71. The Labute approximate surface area is 116 Å². The van der Waals surface area contributed by atoms with E-state index in [1.165, 1.54) is 12.8 Å². The Morgan fingerprint density at radius 2 is 2.11 bits per heavy atom. The molecule has 5 heteroatoms. The molecule has 1 aliphatic carbocycles. The highest BCUT2D eigenvalue weighted by Gasteiger charge is 2.29. The topological polar surface area (TPSA) is 30.7 Å². The minimum Gasteiger partial charge on any atom is -0.307 e. The van der Waals surface area contributed by atoms with Crippen molar-refractivity contribution in [2.45, 2.75) is 31.7 Å². The van der Waals surface area contributed by atoms with Gasteiger partial charge in [-0.2, -0.15) is 0 Å². The molecule has 1 fully saturated rings. The summed E-state index contributed by atoms with van der Waals surface area (Å²) in [7, 11) is 0. The first-order chi connectivity index (χ1) is 8.70. The van der Waals surface area contributed by atoms with E-state index in [1.54, 1.807) is 0 Å². The van der Waals surface area contributed by atoms with Crippen molar-refractivity contribution in [2.75, 3.05) is 0 Å². The molecule has 2 aromatic rings. The summed E-state index contributed by atoms with van der Waals surface area (Å²) in [6.45, 7) is 2.05. The molecule has 0 aliphatic heterocycles. The minimum absolute atomic E-state index is 0.392. The van der Waals surface area contributed by atoms with Crippen LogP contribution in [0.15, 0.2) is 18.2 Å². The van der Waals surface area contributed by atoms with Crippen LogP contribution in [-0.4, -0.2) is 14.8 Å². The van der Waals surface area contributed by atoms with E-state index < -0.39 is 0 Å². The van der Waals surface area contributed by atoms with Crippen molar-refractivity contribution in [1.82, 2.24) is 14.8 Å². The highest BCUT2D eigenvalue weighted by Crippen LogP contribution is 2.40. The van der Waals surface area contributed by atoms with Crippen LogP contribution in [0.5, 0.6) is 0 Å². The molecule has 0 N–H and O–H groups in total. The summed E-state index contributed by atoms with van der Waals surface area (Å²) in [6, 6.07) is 6.34. The van der Waals surface area contributed by atoms with Crippen LogP contribution in [0.3, 0.4) is 0 Å². The lowest BCUT2D eigenvalue weighted by Crippen LogP contribution is -2.02. The molecule has 18 heavy (non-hydrogen) atoms. The molecular formula is C13H13Cl2N3. The van der Waals surface area contributed by atoms with Crippen LogP contribution in [0.25, 0.3) is 11.4 Å². The molecule has 0 saturated heterocycles. The van der Waals surface area contributed by atoms with Gasteiger partial charge in [-0.1, -0.05) is 17.7 Å². The van der Waals surface area contributed by atoms with Crippen molar-refractivity contribution in [1.29, 1.82) is 0 Å². The predicted molar refractivity (Wildman–Crippen MR) is 73.0 cm³/mol. The van der Waals surface area contributed by atoms with E-state index in [0.29, 0.717) is 16.9 Å². The van der Waals surface area contributed by atoms with Gasteiger partial charge in [0.2, 0.25) is 0 Å². The fraction of sp³-hybridized carbons (Fsp3) is 0.385. The second kappa shape index (κ2) is 4.56. The smallest absolute Gasteiger partial charge is 0.164 e. The van der Waals surface area contributed by atoms with Gasteiger partial charge >= 0.3 is 0 Å². The van der Waals surface area contributed by atoms with Crippen LogP contribution < -0.4 is 0 Å². The van der Waals surface area contributed by atoms with Gasteiger partial charge in [-0.25, -0.2) is 0 Å². The number of aryl methyl sites for hydroxylation is 1. The third kappa shape index (κ3) is 2.02. The van der Waals surface area contributed by atoms with Crippen LogP contribution in [0, 0.1) is 6.92 Å². The molecule has 0 bridgehead atoms. The molecule has 1 aromatic carbocycles. The van der Waals surface area contributed by atoms with Gasteiger partial charge in [0.05, 0.1) is 5.88 Å². The maximum Gasteiger partial charge on any atom is 0.164 e. The van der Waals surface area contributed by atoms with Gasteiger partial charge < -0.3 is 4.57 Å². The average molecular weight is 282 g/mol. The van der Waals surface area contributed by atoms with Crippen molar-refractivity contribution in [2.24, 2.45) is 0 Å². The first-order valence-electron chi connectivity index (χ1n) is 5.97. The van der Waals surface area contributed by atoms with E-state index in [4.69, 9.17) is 23.2 Å². The number of alkyl halides is 1. The van der Waals surface area contributed by atoms with E-state index in [2.05, 4.69) is 21.7 Å². The molecule has 0 atom stereocenters. The summed E-state index contributed by atoms with van der Waals surface area (Å²) < 4.78 is 2.16. The standard InChI is InChI=1S/C13H13Cl2N3/c1-8-2-3-9(15)6-11(8)13-17-16-12(7-14)18(13)10-4-5-10/h2-3,6,10H,4-5,7H2,1H3. The number of hydrogen-bond acceptors (Lipinski definition) is 2. The lowest BCUT2D eigenvalue weighted by molar-refractivity contribution is 0.711. The van der Waals surface area contributed by atoms with Gasteiger partial charge in [-0.15, -0.1) is 21.8 Å². The monoisotopic (exact) mass is 281 g/mol.